The molecule has 0 bridgehead atoms. The average molecular weight is 243 g/mol. The van der Waals surface area contributed by atoms with Crippen molar-refractivity contribution in [2.45, 2.75) is 0 Å². The fourth-order valence-electron chi connectivity index (χ4n) is 0.259. The third-order valence-electron chi connectivity index (χ3n) is 0.559. The second kappa shape index (κ2) is 3.40. The molecule has 0 amide bonds. The second-order valence-corrected chi connectivity index (χ2v) is 1.05. The first-order valence-corrected chi connectivity index (χ1v) is 1.76. The summed E-state index contributed by atoms with van der Waals surface area (Å²) in [5.41, 5.74) is 0. The van der Waals surface area contributed by atoms with E-state index in [0.717, 1.165) is 6.34 Å². The largest absolute Gasteiger partial charge is 1.00 e. The summed E-state index contributed by atoms with van der Waals surface area (Å²) < 4.78 is 0. The fourth-order valence-corrected chi connectivity index (χ4v) is 0.259. The van der Waals surface area contributed by atoms with E-state index < -0.39 is 5.03 Å². The van der Waals surface area contributed by atoms with Crippen molar-refractivity contribution in [3.8, 4) is 0 Å². The van der Waals surface area contributed by atoms with E-state index in [1.165, 1.54) is 0 Å². The van der Waals surface area contributed by atoms with Gasteiger partial charge in [0.25, 0.3) is 5.03 Å². The van der Waals surface area contributed by atoms with E-state index in [-0.39, 0.29) is 29.1 Å². The lowest BCUT2D eigenvalue weighted by Gasteiger charge is -1.82. The standard InChI is InChI=1S/CHN5O2.HI/c7-6(8)5-1-2-3-4-5;/h1H;1H. The lowest BCUT2D eigenvalue weighted by Crippen LogP contribution is -3.08. The highest BCUT2D eigenvalue weighted by Gasteiger charge is 2.19. The van der Waals surface area contributed by atoms with Crippen LogP contribution in [0.1, 0.15) is 0 Å². The lowest BCUT2D eigenvalue weighted by molar-refractivity contribution is -1.27. The summed E-state index contributed by atoms with van der Waals surface area (Å²) in [4.78, 5) is 9.73. The number of hydrogen-bond acceptors (Lipinski definition) is 5. The Balaban J connectivity index is 0.000000640. The Hall–Kier alpha value is -0.640. The minimum atomic E-state index is -0.653. The highest BCUT2D eigenvalue weighted by molar-refractivity contribution is 5.41. The number of hydrogen-bond donors (Lipinski definition) is 1. The van der Waals surface area contributed by atoms with Crippen LogP contribution in [-0.4, -0.2) is 11.4 Å². The number of nitro groups is 1. The molecule has 1 aliphatic heterocycles. The van der Waals surface area contributed by atoms with Gasteiger partial charge in [-0.15, -0.1) is 0 Å². The minimum Gasteiger partial charge on any atom is -1.00 e. The molecule has 7 nitrogen and oxygen atoms in total. The molecule has 0 aromatic carbocycles. The van der Waals surface area contributed by atoms with Gasteiger partial charge in [0.05, 0.1) is 0 Å². The van der Waals surface area contributed by atoms with Crippen molar-refractivity contribution in [3.63, 3.8) is 0 Å². The molecule has 1 unspecified atom stereocenters. The molecular weight excluding hydrogens is 241 g/mol. The Labute approximate surface area is 66.5 Å². The van der Waals surface area contributed by atoms with Crippen molar-refractivity contribution >= 4 is 6.34 Å². The van der Waals surface area contributed by atoms with Crippen molar-refractivity contribution in [2.24, 2.45) is 15.5 Å². The zero-order valence-corrected chi connectivity index (χ0v) is 6.22. The normalized spacial score (nSPS) is 21.6. The van der Waals surface area contributed by atoms with Gasteiger partial charge in [-0.2, -0.15) is 0 Å². The topological polar surface area (TPSA) is 84.7 Å². The van der Waals surface area contributed by atoms with Gasteiger partial charge in [-0.3, -0.25) is 0 Å². The summed E-state index contributed by atoms with van der Waals surface area (Å²) >= 11 is 0. The number of rotatable bonds is 1. The van der Waals surface area contributed by atoms with E-state index in [4.69, 9.17) is 0 Å². The van der Waals surface area contributed by atoms with Crippen LogP contribution in [0.15, 0.2) is 15.5 Å². The maximum absolute atomic E-state index is 9.73. The highest BCUT2D eigenvalue weighted by atomic mass is 127. The van der Waals surface area contributed by atoms with Crippen molar-refractivity contribution in [2.75, 3.05) is 0 Å². The van der Waals surface area contributed by atoms with Crippen LogP contribution in [0.3, 0.4) is 0 Å². The molecule has 0 saturated carbocycles. The number of quaternary nitrogens is 1. The van der Waals surface area contributed by atoms with Crippen LogP contribution < -0.4 is 29.1 Å². The molecule has 0 spiro atoms. The van der Waals surface area contributed by atoms with Gasteiger partial charge in [0.15, 0.2) is 0 Å². The first kappa shape index (κ1) is 8.36. The monoisotopic (exact) mass is 243 g/mol. The first-order valence-electron chi connectivity index (χ1n) is 1.76. The summed E-state index contributed by atoms with van der Waals surface area (Å²) in [5.74, 6) is 0. The van der Waals surface area contributed by atoms with E-state index in [2.05, 4.69) is 15.5 Å². The minimum absolute atomic E-state index is 0. The van der Waals surface area contributed by atoms with Gasteiger partial charge >= 0.3 is 6.34 Å². The van der Waals surface area contributed by atoms with Crippen LogP contribution in [0.2, 0.25) is 0 Å². The molecular formula is CH2IN5O2. The summed E-state index contributed by atoms with van der Waals surface area (Å²) in [5, 5.41) is 18.0. The molecule has 8 heteroatoms. The predicted octanol–water partition coefficient (Wildman–Crippen LogP) is -4.61. The average Bonchev–Trinajstić information content (AvgIpc) is 2.12. The fraction of sp³-hybridized carbons (Fsp3) is 0. The molecule has 0 aliphatic carbocycles. The molecule has 0 saturated heterocycles. The van der Waals surface area contributed by atoms with E-state index in [1.54, 1.807) is 0 Å². The van der Waals surface area contributed by atoms with Gasteiger partial charge < -0.3 is 24.0 Å². The molecule has 1 N–H and O–H groups in total. The van der Waals surface area contributed by atoms with Gasteiger partial charge in [-0.25, -0.2) is 10.1 Å². The van der Waals surface area contributed by atoms with Crippen molar-refractivity contribution in [1.82, 2.24) is 0 Å². The lowest BCUT2D eigenvalue weighted by atomic mass is 11.3. The predicted molar refractivity (Wildman–Crippen MR) is 21.3 cm³/mol. The SMILES string of the molecule is O=[N+]([O-])[NH+]1C=NN=N1.[I-]. The number of nitrogens with one attached hydrogen (secondary N) is 1. The third kappa shape index (κ3) is 1.97. The Bertz CT molecular complexity index is 152. The zero-order chi connectivity index (χ0) is 5.98. The molecule has 0 aromatic heterocycles. The summed E-state index contributed by atoms with van der Waals surface area (Å²) in [6.45, 7) is 0. The van der Waals surface area contributed by atoms with Crippen molar-refractivity contribution in [3.05, 3.63) is 10.1 Å². The molecule has 1 atom stereocenters. The molecule has 0 radical (unpaired) electrons. The summed E-state index contributed by atoms with van der Waals surface area (Å²) in [7, 11) is 0. The van der Waals surface area contributed by atoms with Gasteiger partial charge in [-0.1, -0.05) is 5.10 Å². The first-order chi connectivity index (χ1) is 3.80. The molecule has 9 heavy (non-hydrogen) atoms. The third-order valence-corrected chi connectivity index (χ3v) is 0.559. The maximum atomic E-state index is 9.73. The molecule has 1 heterocycles. The number of halogens is 1. The van der Waals surface area contributed by atoms with Crippen LogP contribution >= 0.6 is 0 Å². The molecule has 0 aromatic rings. The Morgan fingerprint density at radius 2 is 2.33 bits per heavy atom. The quantitative estimate of drug-likeness (QED) is 0.285. The van der Waals surface area contributed by atoms with E-state index >= 15 is 0 Å². The Morgan fingerprint density at radius 1 is 1.67 bits per heavy atom. The summed E-state index contributed by atoms with van der Waals surface area (Å²) in [6, 6.07) is 0. The maximum Gasteiger partial charge on any atom is 0.302 e. The van der Waals surface area contributed by atoms with E-state index in [1.807, 2.05) is 0 Å². The highest BCUT2D eigenvalue weighted by Crippen LogP contribution is 1.70. The van der Waals surface area contributed by atoms with Gasteiger partial charge in [0, 0.05) is 5.22 Å². The van der Waals surface area contributed by atoms with Gasteiger partial charge in [-0.05, 0) is 0 Å². The second-order valence-electron chi connectivity index (χ2n) is 1.05. The molecule has 1 aliphatic rings. The summed E-state index contributed by atoms with van der Waals surface area (Å²) in [6.07, 6.45) is 0.986. The van der Waals surface area contributed by atoms with Crippen LogP contribution in [0.25, 0.3) is 0 Å². The zero-order valence-electron chi connectivity index (χ0n) is 4.06. The van der Waals surface area contributed by atoms with E-state index in [9.17, 15) is 10.1 Å². The number of nitrogens with zero attached hydrogens (tertiary/aromatic N) is 4. The Kier molecular flexibility index (Phi) is 3.16. The van der Waals surface area contributed by atoms with Crippen molar-refractivity contribution < 1.29 is 34.1 Å². The smallest absolute Gasteiger partial charge is 0.302 e. The van der Waals surface area contributed by atoms with Crippen LogP contribution in [0.4, 0.5) is 0 Å². The van der Waals surface area contributed by atoms with Crippen LogP contribution in [-0.2, 0) is 0 Å². The molecule has 50 valence electrons. The molecule has 1 rings (SSSR count). The van der Waals surface area contributed by atoms with Crippen LogP contribution in [0.5, 0.6) is 0 Å². The molecule has 0 fully saturated rings. The van der Waals surface area contributed by atoms with Crippen LogP contribution in [0, 0.1) is 10.1 Å². The van der Waals surface area contributed by atoms with E-state index in [0.29, 0.717) is 0 Å². The van der Waals surface area contributed by atoms with Crippen molar-refractivity contribution in [1.29, 1.82) is 0 Å². The van der Waals surface area contributed by atoms with Gasteiger partial charge in [0.1, 0.15) is 10.3 Å². The Morgan fingerprint density at radius 3 is 2.56 bits per heavy atom. The van der Waals surface area contributed by atoms with Gasteiger partial charge in [0.2, 0.25) is 0 Å².